The number of ether oxygens (including phenoxy) is 2. The van der Waals surface area contributed by atoms with Gasteiger partial charge in [-0.1, -0.05) is 235 Å². The van der Waals surface area contributed by atoms with Crippen molar-refractivity contribution in [3.8, 4) is 0 Å². The number of phosphoric acid groups is 1. The van der Waals surface area contributed by atoms with Gasteiger partial charge in [-0.25, -0.2) is 4.57 Å². The Morgan fingerprint density at radius 2 is 0.775 bits per heavy atom. The summed E-state index contributed by atoms with van der Waals surface area (Å²) in [6.07, 6.45) is 67.3. The second-order valence-electron chi connectivity index (χ2n) is 21.0. The first-order valence-corrected chi connectivity index (χ1v) is 31.0. The quantitative estimate of drug-likeness (QED) is 0.0211. The number of phosphoric ester groups is 1. The molecule has 0 radical (unpaired) electrons. The van der Waals surface area contributed by atoms with Crippen LogP contribution in [0.1, 0.15) is 264 Å². The van der Waals surface area contributed by atoms with Crippen LogP contribution in [0, 0.1) is 0 Å². The molecule has 0 rings (SSSR count). The Balaban J connectivity index is 4.03. The van der Waals surface area contributed by atoms with E-state index >= 15 is 0 Å². The zero-order valence-corrected chi connectivity index (χ0v) is 47.9. The smallest absolute Gasteiger partial charge is 0.462 e. The van der Waals surface area contributed by atoms with Crippen molar-refractivity contribution in [3.63, 3.8) is 0 Å². The average molecular weight is 1020 g/mol. The number of hydrogen-bond acceptors (Lipinski definition) is 7. The van der Waals surface area contributed by atoms with Gasteiger partial charge >= 0.3 is 19.8 Å². The van der Waals surface area contributed by atoms with Crippen LogP contribution in [-0.4, -0.2) is 74.9 Å². The summed E-state index contributed by atoms with van der Waals surface area (Å²) in [7, 11) is 1.47. The third-order valence-electron chi connectivity index (χ3n) is 12.8. The minimum atomic E-state index is -4.39. The molecule has 0 bridgehead atoms. The van der Waals surface area contributed by atoms with Crippen molar-refractivity contribution >= 4 is 19.8 Å². The molecule has 0 amide bonds. The number of esters is 2. The van der Waals surface area contributed by atoms with E-state index < -0.39 is 26.5 Å². The van der Waals surface area contributed by atoms with Crippen LogP contribution in [0.25, 0.3) is 0 Å². The third-order valence-corrected chi connectivity index (χ3v) is 13.8. The summed E-state index contributed by atoms with van der Waals surface area (Å²) in [4.78, 5) is 35.6. The number of unbranched alkanes of at least 4 members (excludes halogenated alkanes) is 30. The van der Waals surface area contributed by atoms with Crippen LogP contribution >= 0.6 is 7.82 Å². The largest absolute Gasteiger partial charge is 0.472 e. The summed E-state index contributed by atoms with van der Waals surface area (Å²) in [5.74, 6) is -0.808. The molecule has 2 atom stereocenters. The van der Waals surface area contributed by atoms with E-state index in [1.807, 2.05) is 21.1 Å². The first kappa shape index (κ1) is 68.7. The van der Waals surface area contributed by atoms with Gasteiger partial charge in [0.25, 0.3) is 0 Å². The number of rotatable bonds is 54. The Bertz CT molecular complexity index is 1380. The van der Waals surface area contributed by atoms with Crippen molar-refractivity contribution < 1.29 is 42.1 Å². The first-order chi connectivity index (χ1) is 34.5. The monoisotopic (exact) mass is 1020 g/mol. The highest BCUT2D eigenvalue weighted by Crippen LogP contribution is 2.43. The molecule has 0 saturated carbocycles. The van der Waals surface area contributed by atoms with Gasteiger partial charge in [0.2, 0.25) is 0 Å². The third kappa shape index (κ3) is 56.9. The van der Waals surface area contributed by atoms with Crippen LogP contribution in [0.15, 0.2) is 60.8 Å². The molecule has 10 heteroatoms. The van der Waals surface area contributed by atoms with Crippen LogP contribution < -0.4 is 0 Å². The van der Waals surface area contributed by atoms with Gasteiger partial charge in [-0.3, -0.25) is 18.6 Å². The molecule has 0 aromatic heterocycles. The van der Waals surface area contributed by atoms with Crippen molar-refractivity contribution in [2.75, 3.05) is 47.5 Å². The molecule has 2 unspecified atom stereocenters. The van der Waals surface area contributed by atoms with Gasteiger partial charge in [0.05, 0.1) is 27.7 Å². The number of hydrogen-bond donors (Lipinski definition) is 1. The van der Waals surface area contributed by atoms with Crippen molar-refractivity contribution in [1.82, 2.24) is 0 Å². The van der Waals surface area contributed by atoms with Crippen molar-refractivity contribution in [2.45, 2.75) is 270 Å². The van der Waals surface area contributed by atoms with Crippen molar-refractivity contribution in [3.05, 3.63) is 60.8 Å². The first-order valence-electron chi connectivity index (χ1n) is 29.5. The molecule has 71 heavy (non-hydrogen) atoms. The SMILES string of the molecule is CCCC/C=C\C/C=C\CCCCCCCC(=O)OCC(COP(=O)(O)OCC[N+](C)(C)C)OC(=O)CCCCCCCCCCCCCCCCCCCC/C=C\C/C=C\C/C=C\CCCCCCC. The maximum Gasteiger partial charge on any atom is 0.472 e. The maximum absolute atomic E-state index is 12.8. The molecule has 414 valence electrons. The lowest BCUT2D eigenvalue weighted by atomic mass is 10.0. The summed E-state index contributed by atoms with van der Waals surface area (Å²) >= 11 is 0. The van der Waals surface area contributed by atoms with Gasteiger partial charge in [-0.15, -0.1) is 0 Å². The highest BCUT2D eigenvalue weighted by atomic mass is 31.2. The maximum atomic E-state index is 12.8. The topological polar surface area (TPSA) is 108 Å². The Labute approximate surface area is 438 Å². The van der Waals surface area contributed by atoms with E-state index in [2.05, 4.69) is 74.6 Å². The Hall–Kier alpha value is -2.29. The molecule has 1 N–H and O–H groups in total. The summed E-state index contributed by atoms with van der Waals surface area (Å²) < 4.78 is 34.5. The molecular formula is C61H113NO8P+. The van der Waals surface area contributed by atoms with Crippen molar-refractivity contribution in [1.29, 1.82) is 0 Å². The number of quaternary nitrogens is 1. The fraction of sp³-hybridized carbons (Fsp3) is 0.803. The highest BCUT2D eigenvalue weighted by molar-refractivity contribution is 7.47. The molecule has 9 nitrogen and oxygen atoms in total. The van der Waals surface area contributed by atoms with E-state index in [0.717, 1.165) is 70.6 Å². The van der Waals surface area contributed by atoms with Crippen LogP contribution in [0.3, 0.4) is 0 Å². The Morgan fingerprint density at radius 1 is 0.437 bits per heavy atom. The normalized spacial score (nSPS) is 13.7. The molecule has 0 heterocycles. The summed E-state index contributed by atoms with van der Waals surface area (Å²) in [6, 6.07) is 0. The predicted octanol–water partition coefficient (Wildman–Crippen LogP) is 18.3. The zero-order valence-electron chi connectivity index (χ0n) is 47.0. The molecule has 0 fully saturated rings. The van der Waals surface area contributed by atoms with E-state index in [1.165, 1.54) is 161 Å². The van der Waals surface area contributed by atoms with E-state index in [0.29, 0.717) is 17.4 Å². The highest BCUT2D eigenvalue weighted by Gasteiger charge is 2.27. The second-order valence-corrected chi connectivity index (χ2v) is 22.5. The van der Waals surface area contributed by atoms with E-state index in [-0.39, 0.29) is 32.0 Å². The summed E-state index contributed by atoms with van der Waals surface area (Å²) in [5.41, 5.74) is 0. The molecule has 0 aromatic carbocycles. The predicted molar refractivity (Wildman–Crippen MR) is 303 cm³/mol. The van der Waals surface area contributed by atoms with Crippen LogP contribution in [-0.2, 0) is 32.7 Å². The van der Waals surface area contributed by atoms with E-state index in [4.69, 9.17) is 18.5 Å². The van der Waals surface area contributed by atoms with Crippen LogP contribution in [0.4, 0.5) is 0 Å². The molecule has 0 aliphatic heterocycles. The number of allylic oxidation sites excluding steroid dienone is 10. The van der Waals surface area contributed by atoms with Crippen molar-refractivity contribution in [2.24, 2.45) is 0 Å². The summed E-state index contributed by atoms with van der Waals surface area (Å²) in [5, 5.41) is 0. The molecule has 0 aliphatic carbocycles. The number of likely N-dealkylation sites (N-methyl/N-ethyl adjacent to an activating group) is 1. The van der Waals surface area contributed by atoms with E-state index in [9.17, 15) is 19.0 Å². The van der Waals surface area contributed by atoms with Gasteiger partial charge in [0.15, 0.2) is 6.10 Å². The fourth-order valence-electron chi connectivity index (χ4n) is 8.16. The molecule has 0 saturated heterocycles. The number of carbonyl (C=O) groups is 2. The summed E-state index contributed by atoms with van der Waals surface area (Å²) in [6.45, 7) is 4.38. The van der Waals surface area contributed by atoms with Gasteiger partial charge in [-0.2, -0.15) is 0 Å². The Morgan fingerprint density at radius 3 is 1.17 bits per heavy atom. The van der Waals surface area contributed by atoms with Crippen LogP contribution in [0.5, 0.6) is 0 Å². The van der Waals surface area contributed by atoms with E-state index in [1.54, 1.807) is 0 Å². The number of nitrogens with zero attached hydrogens (tertiary/aromatic N) is 1. The van der Waals surface area contributed by atoms with Gasteiger partial charge in [-0.05, 0) is 77.0 Å². The minimum absolute atomic E-state index is 0.0288. The van der Waals surface area contributed by atoms with Gasteiger partial charge in [0.1, 0.15) is 19.8 Å². The Kier molecular flexibility index (Phi) is 50.9. The molecule has 0 aromatic rings. The fourth-order valence-corrected chi connectivity index (χ4v) is 8.90. The zero-order chi connectivity index (χ0) is 52.0. The van der Waals surface area contributed by atoms with Crippen LogP contribution in [0.2, 0.25) is 0 Å². The lowest BCUT2D eigenvalue weighted by Gasteiger charge is -2.24. The lowest BCUT2D eigenvalue weighted by Crippen LogP contribution is -2.37. The molecule has 0 aliphatic rings. The van der Waals surface area contributed by atoms with Gasteiger partial charge < -0.3 is 18.9 Å². The lowest BCUT2D eigenvalue weighted by molar-refractivity contribution is -0.870. The standard InChI is InChI=1S/C61H112NO8P/c1-6-8-10-12-14-16-18-20-22-23-24-25-26-27-28-29-30-31-32-33-34-35-36-37-38-39-40-42-44-46-48-50-52-54-61(64)70-59(58-69-71(65,66)68-56-55-62(3,4)5)57-67-60(63)53-51-49-47-45-43-41-21-19-17-15-13-11-9-7-2/h13,15,18-21,23-24,26-27,59H,6-12,14,16-17,22,25,28-58H2,1-5H3/p+1/b15-13-,20-18-,21-19-,24-23-,27-26-. The number of carbonyl (C=O) groups excluding carboxylic acids is 2. The van der Waals surface area contributed by atoms with Gasteiger partial charge in [0, 0.05) is 12.8 Å². The second kappa shape index (κ2) is 52.6. The molecule has 0 spiro atoms. The average Bonchev–Trinajstić information content (AvgIpc) is 3.33. The molecular weight excluding hydrogens is 906 g/mol. The minimum Gasteiger partial charge on any atom is -0.462 e.